The van der Waals surface area contributed by atoms with Crippen LogP contribution in [0.15, 0.2) is 33.9 Å². The number of aromatic amines is 2. The van der Waals surface area contributed by atoms with E-state index in [1.807, 2.05) is 18.2 Å². The summed E-state index contributed by atoms with van der Waals surface area (Å²) in [6.45, 7) is 0. The summed E-state index contributed by atoms with van der Waals surface area (Å²) < 4.78 is 0. The molecule has 1 aromatic heterocycles. The first-order chi connectivity index (χ1) is 9.15. The van der Waals surface area contributed by atoms with Gasteiger partial charge in [-0.3, -0.25) is 14.8 Å². The van der Waals surface area contributed by atoms with E-state index < -0.39 is 11.2 Å². The SMILES string of the molecule is Nc1c(NC2CCc3ccccc32)[nH]c(=O)[nH]c1=O. The average Bonchev–Trinajstić information content (AvgIpc) is 2.79. The Bertz CT molecular complexity index is 732. The molecule has 5 N–H and O–H groups in total. The lowest BCUT2D eigenvalue weighted by Gasteiger charge is -2.15. The Hall–Kier alpha value is -2.50. The van der Waals surface area contributed by atoms with Gasteiger partial charge in [0.15, 0.2) is 0 Å². The lowest BCUT2D eigenvalue weighted by molar-refractivity contribution is 0.755. The molecule has 2 aromatic rings. The van der Waals surface area contributed by atoms with Gasteiger partial charge in [-0.2, -0.15) is 0 Å². The molecule has 0 aliphatic heterocycles. The number of rotatable bonds is 2. The third kappa shape index (κ3) is 2.01. The van der Waals surface area contributed by atoms with Crippen LogP contribution in [0.3, 0.4) is 0 Å². The molecule has 1 aliphatic carbocycles. The molecule has 3 rings (SSSR count). The van der Waals surface area contributed by atoms with Crippen LogP contribution in [-0.4, -0.2) is 9.97 Å². The predicted octanol–water partition coefficient (Wildman–Crippen LogP) is 0.745. The maximum atomic E-state index is 11.4. The van der Waals surface area contributed by atoms with Crippen LogP contribution in [0, 0.1) is 0 Å². The van der Waals surface area contributed by atoms with E-state index in [2.05, 4.69) is 21.4 Å². The van der Waals surface area contributed by atoms with Crippen molar-refractivity contribution in [1.82, 2.24) is 9.97 Å². The zero-order valence-electron chi connectivity index (χ0n) is 10.2. The first kappa shape index (κ1) is 11.6. The largest absolute Gasteiger partial charge is 0.391 e. The van der Waals surface area contributed by atoms with E-state index in [1.165, 1.54) is 11.1 Å². The van der Waals surface area contributed by atoms with Gasteiger partial charge in [0, 0.05) is 0 Å². The molecule has 6 heteroatoms. The molecule has 0 saturated carbocycles. The van der Waals surface area contributed by atoms with E-state index in [-0.39, 0.29) is 17.5 Å². The van der Waals surface area contributed by atoms with Gasteiger partial charge in [0.1, 0.15) is 11.5 Å². The highest BCUT2D eigenvalue weighted by Crippen LogP contribution is 2.33. The van der Waals surface area contributed by atoms with Crippen molar-refractivity contribution in [2.75, 3.05) is 11.1 Å². The minimum absolute atomic E-state index is 0.00369. The lowest BCUT2D eigenvalue weighted by atomic mass is 10.1. The summed E-state index contributed by atoms with van der Waals surface area (Å²) in [7, 11) is 0. The average molecular weight is 258 g/mol. The summed E-state index contributed by atoms with van der Waals surface area (Å²) in [5.74, 6) is 0.287. The molecule has 1 heterocycles. The number of fused-ring (bicyclic) bond motifs is 1. The molecular weight excluding hydrogens is 244 g/mol. The van der Waals surface area contributed by atoms with Crippen molar-refractivity contribution in [3.63, 3.8) is 0 Å². The quantitative estimate of drug-likeness (QED) is 0.638. The summed E-state index contributed by atoms with van der Waals surface area (Å²) in [6.07, 6.45) is 1.88. The first-order valence-electron chi connectivity index (χ1n) is 6.11. The molecule has 1 unspecified atom stereocenters. The molecule has 0 saturated heterocycles. The molecule has 0 spiro atoms. The molecule has 98 valence electrons. The van der Waals surface area contributed by atoms with E-state index in [0.29, 0.717) is 0 Å². The Kier molecular flexibility index (Phi) is 2.63. The standard InChI is InChI=1S/C13H14N4O2/c14-10-11(16-13(19)17-12(10)18)15-9-6-5-7-3-1-2-4-8(7)9/h1-4,9H,5-6,14H2,(H3,15,16,17,18,19). The van der Waals surface area contributed by atoms with Crippen LogP contribution in [0.2, 0.25) is 0 Å². The van der Waals surface area contributed by atoms with Crippen LogP contribution in [0.25, 0.3) is 0 Å². The van der Waals surface area contributed by atoms with E-state index >= 15 is 0 Å². The highest BCUT2D eigenvalue weighted by Gasteiger charge is 2.22. The van der Waals surface area contributed by atoms with Crippen molar-refractivity contribution in [2.24, 2.45) is 0 Å². The van der Waals surface area contributed by atoms with E-state index in [1.54, 1.807) is 0 Å². The Balaban J connectivity index is 1.96. The number of aryl methyl sites for hydroxylation is 1. The zero-order valence-corrected chi connectivity index (χ0v) is 10.2. The van der Waals surface area contributed by atoms with Gasteiger partial charge in [0.05, 0.1) is 6.04 Å². The van der Waals surface area contributed by atoms with Crippen LogP contribution < -0.4 is 22.3 Å². The van der Waals surface area contributed by atoms with Crippen LogP contribution in [-0.2, 0) is 6.42 Å². The fourth-order valence-electron chi connectivity index (χ4n) is 2.49. The van der Waals surface area contributed by atoms with Gasteiger partial charge < -0.3 is 11.1 Å². The first-order valence-corrected chi connectivity index (χ1v) is 6.11. The number of nitrogen functional groups attached to an aromatic ring is 1. The van der Waals surface area contributed by atoms with Gasteiger partial charge in [0.2, 0.25) is 0 Å². The molecule has 1 aliphatic rings. The summed E-state index contributed by atoms with van der Waals surface area (Å²) in [5.41, 5.74) is 7.01. The summed E-state index contributed by atoms with van der Waals surface area (Å²) >= 11 is 0. The van der Waals surface area contributed by atoms with E-state index in [0.717, 1.165) is 12.8 Å². The van der Waals surface area contributed by atoms with Crippen molar-refractivity contribution in [1.29, 1.82) is 0 Å². The molecule has 1 atom stereocenters. The van der Waals surface area contributed by atoms with Gasteiger partial charge in [-0.05, 0) is 24.0 Å². The lowest BCUT2D eigenvalue weighted by Crippen LogP contribution is -2.27. The Morgan fingerprint density at radius 3 is 2.84 bits per heavy atom. The highest BCUT2D eigenvalue weighted by atomic mass is 16.2. The number of H-pyrrole nitrogens is 2. The van der Waals surface area contributed by atoms with Crippen molar-refractivity contribution in [3.8, 4) is 0 Å². The topological polar surface area (TPSA) is 104 Å². The van der Waals surface area contributed by atoms with Gasteiger partial charge in [-0.15, -0.1) is 0 Å². The maximum Gasteiger partial charge on any atom is 0.327 e. The molecule has 19 heavy (non-hydrogen) atoms. The summed E-state index contributed by atoms with van der Waals surface area (Å²) in [4.78, 5) is 27.3. The number of hydrogen-bond donors (Lipinski definition) is 4. The Morgan fingerprint density at radius 1 is 1.21 bits per heavy atom. The Labute approximate surface area is 108 Å². The van der Waals surface area contributed by atoms with Crippen molar-refractivity contribution in [2.45, 2.75) is 18.9 Å². The molecule has 0 fully saturated rings. The second-order valence-corrected chi connectivity index (χ2v) is 4.63. The van der Waals surface area contributed by atoms with Crippen LogP contribution in [0.4, 0.5) is 11.5 Å². The molecule has 1 aromatic carbocycles. The van der Waals surface area contributed by atoms with Crippen LogP contribution in [0.5, 0.6) is 0 Å². The number of anilines is 2. The highest BCUT2D eigenvalue weighted by molar-refractivity contribution is 5.60. The van der Waals surface area contributed by atoms with Gasteiger partial charge in [0.25, 0.3) is 5.56 Å². The fraction of sp³-hybridized carbons (Fsp3) is 0.231. The number of aromatic nitrogens is 2. The van der Waals surface area contributed by atoms with Crippen molar-refractivity contribution < 1.29 is 0 Å². The van der Waals surface area contributed by atoms with Crippen molar-refractivity contribution >= 4 is 11.5 Å². The van der Waals surface area contributed by atoms with Gasteiger partial charge >= 0.3 is 5.69 Å². The predicted molar refractivity (Wildman–Crippen MR) is 73.2 cm³/mol. The van der Waals surface area contributed by atoms with Crippen molar-refractivity contribution in [3.05, 3.63) is 56.2 Å². The molecular formula is C13H14N4O2. The van der Waals surface area contributed by atoms with Crippen LogP contribution >= 0.6 is 0 Å². The maximum absolute atomic E-state index is 11.4. The minimum atomic E-state index is -0.572. The molecule has 0 radical (unpaired) electrons. The minimum Gasteiger partial charge on any atom is -0.391 e. The number of hydrogen-bond acceptors (Lipinski definition) is 4. The zero-order chi connectivity index (χ0) is 13.4. The fourth-order valence-corrected chi connectivity index (χ4v) is 2.49. The second-order valence-electron chi connectivity index (χ2n) is 4.63. The summed E-state index contributed by atoms with van der Waals surface area (Å²) in [5, 5.41) is 3.15. The molecule has 0 bridgehead atoms. The third-order valence-corrected chi connectivity index (χ3v) is 3.43. The number of nitrogens with two attached hydrogens (primary N) is 1. The molecule has 0 amide bonds. The third-order valence-electron chi connectivity index (χ3n) is 3.43. The van der Waals surface area contributed by atoms with E-state index in [9.17, 15) is 9.59 Å². The molecule has 6 nitrogen and oxygen atoms in total. The van der Waals surface area contributed by atoms with E-state index in [4.69, 9.17) is 5.73 Å². The smallest absolute Gasteiger partial charge is 0.327 e. The second kappa shape index (κ2) is 4.31. The number of benzene rings is 1. The Morgan fingerprint density at radius 2 is 2.00 bits per heavy atom. The normalized spacial score (nSPS) is 17.2. The monoisotopic (exact) mass is 258 g/mol. The van der Waals surface area contributed by atoms with Gasteiger partial charge in [-0.1, -0.05) is 24.3 Å². The number of nitrogens with one attached hydrogen (secondary N) is 3. The van der Waals surface area contributed by atoms with Gasteiger partial charge in [-0.25, -0.2) is 4.79 Å². The summed E-state index contributed by atoms with van der Waals surface area (Å²) in [6, 6.07) is 8.17. The van der Waals surface area contributed by atoms with Crippen LogP contribution in [0.1, 0.15) is 23.6 Å².